The number of nitrogens with zero attached hydrogens (tertiary/aromatic N) is 1. The zero-order valence-electron chi connectivity index (χ0n) is 6.02. The molecule has 0 saturated heterocycles. The van der Waals surface area contributed by atoms with Gasteiger partial charge in [0.25, 0.3) is 0 Å². The molecule has 0 saturated carbocycles. The van der Waals surface area contributed by atoms with Crippen LogP contribution in [0.25, 0.3) is 0 Å². The predicted octanol–water partition coefficient (Wildman–Crippen LogP) is 1.09. The van der Waals surface area contributed by atoms with Crippen molar-refractivity contribution in [2.24, 2.45) is 0 Å². The maximum atomic E-state index is 10.9. The molecule has 0 radical (unpaired) electrons. The summed E-state index contributed by atoms with van der Waals surface area (Å²) in [6, 6.07) is 0. The quantitative estimate of drug-likeness (QED) is 0.539. The highest BCUT2D eigenvalue weighted by atomic mass is 35.5. The van der Waals surface area contributed by atoms with Crippen molar-refractivity contribution >= 4 is 17.5 Å². The maximum Gasteiger partial charge on any atom is 0.240 e. The molecule has 0 unspecified atom stereocenters. The molecule has 0 aromatic rings. The van der Waals surface area contributed by atoms with Crippen LogP contribution in [-0.4, -0.2) is 30.3 Å². The Balaban J connectivity index is 3.73. The molecule has 54 valence electrons. The van der Waals surface area contributed by atoms with Crippen molar-refractivity contribution in [3.8, 4) is 0 Å². The van der Waals surface area contributed by atoms with E-state index in [4.69, 9.17) is 11.6 Å². The third-order valence-electron chi connectivity index (χ3n) is 1.07. The summed E-state index contributed by atoms with van der Waals surface area (Å²) in [7, 11) is 3.40. The molecule has 1 amide bonds. The van der Waals surface area contributed by atoms with Crippen LogP contribution in [0.15, 0.2) is 0 Å². The average molecular weight is 150 g/mol. The van der Waals surface area contributed by atoms with E-state index in [1.54, 1.807) is 14.1 Å². The van der Waals surface area contributed by atoms with Crippen LogP contribution in [0.4, 0.5) is 0 Å². The molecule has 0 N–H and O–H groups in total. The van der Waals surface area contributed by atoms with Crippen molar-refractivity contribution in [1.29, 1.82) is 0 Å². The molecule has 0 heterocycles. The molecule has 0 rings (SSSR count). The van der Waals surface area contributed by atoms with E-state index in [0.717, 1.165) is 0 Å². The summed E-state index contributed by atoms with van der Waals surface area (Å²) >= 11 is 5.62. The lowest BCUT2D eigenvalue weighted by Gasteiger charge is -2.12. The summed E-state index contributed by atoms with van der Waals surface area (Å²) in [5.41, 5.74) is 0. The van der Waals surface area contributed by atoms with E-state index in [-0.39, 0.29) is 11.3 Å². The summed E-state index contributed by atoms with van der Waals surface area (Å²) in [6.07, 6.45) is 0.693. The standard InChI is InChI=1S/C6H12ClNO/c1-4-5(7)6(9)8(2)3/h5H,4H2,1-3H3/t5-/m0/s1. The lowest BCUT2D eigenvalue weighted by atomic mass is 10.3. The summed E-state index contributed by atoms with van der Waals surface area (Å²) in [6.45, 7) is 1.89. The Bertz CT molecular complexity index is 103. The molecule has 0 aliphatic rings. The van der Waals surface area contributed by atoms with Gasteiger partial charge in [0.1, 0.15) is 5.38 Å². The fourth-order valence-electron chi connectivity index (χ4n) is 0.455. The molecule has 0 aliphatic heterocycles. The fraction of sp³-hybridized carbons (Fsp3) is 0.833. The first-order valence-electron chi connectivity index (χ1n) is 2.94. The van der Waals surface area contributed by atoms with Gasteiger partial charge in [-0.25, -0.2) is 0 Å². The number of hydrogen-bond donors (Lipinski definition) is 0. The van der Waals surface area contributed by atoms with Crippen LogP contribution in [0.1, 0.15) is 13.3 Å². The van der Waals surface area contributed by atoms with Crippen LogP contribution >= 0.6 is 11.6 Å². The Morgan fingerprint density at radius 1 is 1.67 bits per heavy atom. The van der Waals surface area contributed by atoms with Gasteiger partial charge in [-0.1, -0.05) is 6.92 Å². The zero-order chi connectivity index (χ0) is 7.44. The Hall–Kier alpha value is -0.240. The second kappa shape index (κ2) is 3.72. The van der Waals surface area contributed by atoms with Gasteiger partial charge in [-0.2, -0.15) is 0 Å². The molecule has 9 heavy (non-hydrogen) atoms. The predicted molar refractivity (Wildman–Crippen MR) is 38.6 cm³/mol. The Kier molecular flexibility index (Phi) is 3.62. The molecular weight excluding hydrogens is 138 g/mol. The molecule has 0 aromatic carbocycles. The Morgan fingerprint density at radius 2 is 2.11 bits per heavy atom. The zero-order valence-corrected chi connectivity index (χ0v) is 6.77. The molecule has 1 atom stereocenters. The maximum absolute atomic E-state index is 10.9. The normalized spacial score (nSPS) is 12.9. The minimum absolute atomic E-state index is 0.0147. The van der Waals surface area contributed by atoms with E-state index in [1.165, 1.54) is 4.90 Å². The molecule has 0 aromatic heterocycles. The smallest absolute Gasteiger partial charge is 0.240 e. The lowest BCUT2D eigenvalue weighted by molar-refractivity contribution is -0.128. The van der Waals surface area contributed by atoms with E-state index >= 15 is 0 Å². The summed E-state index contributed by atoms with van der Waals surface area (Å²) in [5, 5.41) is -0.347. The SMILES string of the molecule is CC[C@H](Cl)C(=O)N(C)C. The first-order valence-corrected chi connectivity index (χ1v) is 3.38. The number of carbonyl (C=O) groups excluding carboxylic acids is 1. The topological polar surface area (TPSA) is 20.3 Å². The largest absolute Gasteiger partial charge is 0.348 e. The van der Waals surface area contributed by atoms with Gasteiger partial charge in [-0.3, -0.25) is 4.79 Å². The van der Waals surface area contributed by atoms with E-state index < -0.39 is 0 Å². The minimum Gasteiger partial charge on any atom is -0.348 e. The summed E-state index contributed by atoms with van der Waals surface area (Å²) in [4.78, 5) is 12.4. The number of halogens is 1. The van der Waals surface area contributed by atoms with Crippen molar-refractivity contribution in [1.82, 2.24) is 4.90 Å². The molecule has 3 heteroatoms. The van der Waals surface area contributed by atoms with Gasteiger partial charge >= 0.3 is 0 Å². The van der Waals surface area contributed by atoms with Crippen molar-refractivity contribution in [3.63, 3.8) is 0 Å². The van der Waals surface area contributed by atoms with Gasteiger partial charge in [0, 0.05) is 14.1 Å². The van der Waals surface area contributed by atoms with Gasteiger partial charge in [0.15, 0.2) is 0 Å². The van der Waals surface area contributed by atoms with Crippen LogP contribution < -0.4 is 0 Å². The van der Waals surface area contributed by atoms with Gasteiger partial charge in [-0.05, 0) is 6.42 Å². The van der Waals surface area contributed by atoms with Crippen LogP contribution in [0.5, 0.6) is 0 Å². The average Bonchev–Trinajstić information content (AvgIpc) is 1.84. The molecule has 0 fully saturated rings. The first-order chi connectivity index (χ1) is 4.09. The van der Waals surface area contributed by atoms with Gasteiger partial charge in [-0.15, -0.1) is 11.6 Å². The minimum atomic E-state index is -0.347. The molecular formula is C6H12ClNO. The van der Waals surface area contributed by atoms with Crippen molar-refractivity contribution in [3.05, 3.63) is 0 Å². The second-order valence-electron chi connectivity index (χ2n) is 2.11. The second-order valence-corrected chi connectivity index (χ2v) is 2.64. The number of alkyl halides is 1. The van der Waals surface area contributed by atoms with E-state index in [2.05, 4.69) is 0 Å². The number of rotatable bonds is 2. The number of amides is 1. The van der Waals surface area contributed by atoms with Crippen LogP contribution in [0.3, 0.4) is 0 Å². The molecule has 0 bridgehead atoms. The van der Waals surface area contributed by atoms with Crippen LogP contribution in [-0.2, 0) is 4.79 Å². The van der Waals surface area contributed by atoms with Gasteiger partial charge in [0.05, 0.1) is 0 Å². The first kappa shape index (κ1) is 8.76. The van der Waals surface area contributed by atoms with Crippen LogP contribution in [0.2, 0.25) is 0 Å². The number of hydrogen-bond acceptors (Lipinski definition) is 1. The summed E-state index contributed by atoms with van der Waals surface area (Å²) < 4.78 is 0. The van der Waals surface area contributed by atoms with Crippen LogP contribution in [0, 0.1) is 0 Å². The highest BCUT2D eigenvalue weighted by Crippen LogP contribution is 2.02. The number of carbonyl (C=O) groups is 1. The van der Waals surface area contributed by atoms with E-state index in [9.17, 15) is 4.79 Å². The highest BCUT2D eigenvalue weighted by molar-refractivity contribution is 6.30. The monoisotopic (exact) mass is 149 g/mol. The van der Waals surface area contributed by atoms with Crippen molar-refractivity contribution in [2.75, 3.05) is 14.1 Å². The highest BCUT2D eigenvalue weighted by Gasteiger charge is 2.13. The molecule has 0 aliphatic carbocycles. The summed E-state index contributed by atoms with van der Waals surface area (Å²) in [5.74, 6) is -0.0147. The van der Waals surface area contributed by atoms with E-state index in [1.807, 2.05) is 6.92 Å². The van der Waals surface area contributed by atoms with E-state index in [0.29, 0.717) is 6.42 Å². The fourth-order valence-corrected chi connectivity index (χ4v) is 0.650. The third-order valence-corrected chi connectivity index (χ3v) is 1.56. The third kappa shape index (κ3) is 2.70. The Morgan fingerprint density at radius 3 is 2.22 bits per heavy atom. The van der Waals surface area contributed by atoms with Gasteiger partial charge < -0.3 is 4.90 Å². The molecule has 0 spiro atoms. The van der Waals surface area contributed by atoms with Gasteiger partial charge in [0.2, 0.25) is 5.91 Å². The van der Waals surface area contributed by atoms with Crippen molar-refractivity contribution in [2.45, 2.75) is 18.7 Å². The van der Waals surface area contributed by atoms with Crippen molar-refractivity contribution < 1.29 is 4.79 Å². The lowest BCUT2D eigenvalue weighted by Crippen LogP contribution is -2.29. The Labute approximate surface area is 60.8 Å². The molecule has 2 nitrogen and oxygen atoms in total.